The maximum absolute atomic E-state index is 12.9. The summed E-state index contributed by atoms with van der Waals surface area (Å²) in [5.41, 5.74) is 2.70. The van der Waals surface area contributed by atoms with Crippen LogP contribution in [-0.4, -0.2) is 52.3 Å². The molecule has 0 saturated heterocycles. The van der Waals surface area contributed by atoms with Crippen molar-refractivity contribution in [1.29, 1.82) is 0 Å². The monoisotopic (exact) mass is 520 g/mol. The molecule has 0 N–H and O–H groups in total. The van der Waals surface area contributed by atoms with E-state index in [1.807, 2.05) is 70.1 Å². The molecule has 38 heavy (non-hydrogen) atoms. The highest BCUT2D eigenvalue weighted by Gasteiger charge is 2.30. The SMILES string of the molecule is CCCc1nc(C(=O)OCC)c(C(=O)OCC)n1Cc1ccc(C2=CC=CC(=C=O)C2OC(C)(C)C)cc1. The number of esters is 2. The summed E-state index contributed by atoms with van der Waals surface area (Å²) in [5.74, 6) is 1.36. The van der Waals surface area contributed by atoms with E-state index < -0.39 is 23.6 Å². The van der Waals surface area contributed by atoms with Crippen molar-refractivity contribution >= 4 is 23.5 Å². The molecule has 0 fully saturated rings. The molecule has 1 aliphatic rings. The van der Waals surface area contributed by atoms with Crippen LogP contribution in [-0.2, 0) is 32.0 Å². The summed E-state index contributed by atoms with van der Waals surface area (Å²) >= 11 is 0. The Kier molecular flexibility index (Phi) is 9.61. The van der Waals surface area contributed by atoms with Gasteiger partial charge in [0.25, 0.3) is 0 Å². The maximum atomic E-state index is 12.9. The normalized spacial score (nSPS) is 15.2. The van der Waals surface area contributed by atoms with E-state index in [0.29, 0.717) is 24.4 Å². The van der Waals surface area contributed by atoms with Gasteiger partial charge in [0.05, 0.1) is 24.4 Å². The molecular formula is C30H36N2O6. The largest absolute Gasteiger partial charge is 0.461 e. The Hall–Kier alpha value is -3.74. The van der Waals surface area contributed by atoms with E-state index in [-0.39, 0.29) is 24.6 Å². The van der Waals surface area contributed by atoms with E-state index in [0.717, 1.165) is 23.1 Å². The number of nitrogens with zero attached hydrogens (tertiary/aromatic N) is 2. The van der Waals surface area contributed by atoms with Crippen molar-refractivity contribution in [2.45, 2.75) is 72.6 Å². The lowest BCUT2D eigenvalue weighted by atomic mass is 9.90. The quantitative estimate of drug-likeness (QED) is 0.316. The second kappa shape index (κ2) is 12.7. The highest BCUT2D eigenvalue weighted by molar-refractivity contribution is 6.01. The molecule has 8 heteroatoms. The highest BCUT2D eigenvalue weighted by Crippen LogP contribution is 2.32. The van der Waals surface area contributed by atoms with E-state index in [1.54, 1.807) is 24.5 Å². The molecule has 8 nitrogen and oxygen atoms in total. The second-order valence-electron chi connectivity index (χ2n) is 9.85. The average molecular weight is 521 g/mol. The molecule has 1 unspecified atom stereocenters. The van der Waals surface area contributed by atoms with Gasteiger partial charge in [-0.25, -0.2) is 19.4 Å². The van der Waals surface area contributed by atoms with Gasteiger partial charge in [0.1, 0.15) is 17.9 Å². The zero-order valence-electron chi connectivity index (χ0n) is 23.0. The van der Waals surface area contributed by atoms with Crippen molar-refractivity contribution in [2.75, 3.05) is 13.2 Å². The van der Waals surface area contributed by atoms with Gasteiger partial charge in [0, 0.05) is 13.0 Å². The Balaban J connectivity index is 1.99. The van der Waals surface area contributed by atoms with Crippen molar-refractivity contribution in [3.05, 3.63) is 76.4 Å². The summed E-state index contributed by atoms with van der Waals surface area (Å²) in [5, 5.41) is 0. The van der Waals surface area contributed by atoms with Crippen LogP contribution in [0.5, 0.6) is 0 Å². The van der Waals surface area contributed by atoms with Crippen molar-refractivity contribution in [3.63, 3.8) is 0 Å². The number of hydrogen-bond donors (Lipinski definition) is 0. The fourth-order valence-electron chi connectivity index (χ4n) is 4.23. The topological polar surface area (TPSA) is 96.7 Å². The molecule has 0 spiro atoms. The average Bonchev–Trinajstić information content (AvgIpc) is 3.22. The summed E-state index contributed by atoms with van der Waals surface area (Å²) in [6, 6.07) is 7.80. The van der Waals surface area contributed by atoms with Crippen LogP contribution in [0.15, 0.2) is 48.1 Å². The zero-order valence-corrected chi connectivity index (χ0v) is 23.0. The van der Waals surface area contributed by atoms with E-state index in [9.17, 15) is 14.4 Å². The van der Waals surface area contributed by atoms with Gasteiger partial charge < -0.3 is 18.8 Å². The summed E-state index contributed by atoms with van der Waals surface area (Å²) < 4.78 is 18.4. The third kappa shape index (κ3) is 6.77. The van der Waals surface area contributed by atoms with Crippen LogP contribution in [0, 0.1) is 0 Å². The van der Waals surface area contributed by atoms with Gasteiger partial charge in [0.15, 0.2) is 11.4 Å². The third-order valence-electron chi connectivity index (χ3n) is 5.79. The second-order valence-corrected chi connectivity index (χ2v) is 9.85. The van der Waals surface area contributed by atoms with Gasteiger partial charge in [-0.2, -0.15) is 0 Å². The Labute approximate surface area is 224 Å². The van der Waals surface area contributed by atoms with E-state index in [1.165, 1.54) is 0 Å². The Morgan fingerprint density at radius 2 is 1.68 bits per heavy atom. The number of imidazole rings is 1. The molecule has 3 rings (SSSR count). The maximum Gasteiger partial charge on any atom is 0.359 e. The van der Waals surface area contributed by atoms with Crippen LogP contribution in [0.1, 0.15) is 85.9 Å². The Morgan fingerprint density at radius 3 is 2.26 bits per heavy atom. The zero-order chi connectivity index (χ0) is 27.9. The number of allylic oxidation sites excluding steroid dienone is 2. The summed E-state index contributed by atoms with van der Waals surface area (Å²) in [6.45, 7) is 11.9. The first-order chi connectivity index (χ1) is 18.1. The van der Waals surface area contributed by atoms with Crippen molar-refractivity contribution in [3.8, 4) is 0 Å². The van der Waals surface area contributed by atoms with Gasteiger partial charge in [-0.15, -0.1) is 0 Å². The van der Waals surface area contributed by atoms with Crippen LogP contribution in [0.2, 0.25) is 0 Å². The van der Waals surface area contributed by atoms with E-state index >= 15 is 0 Å². The van der Waals surface area contributed by atoms with Crippen molar-refractivity contribution in [2.24, 2.45) is 0 Å². The molecule has 1 heterocycles. The summed E-state index contributed by atoms with van der Waals surface area (Å²) in [7, 11) is 0. The predicted molar refractivity (Wildman–Crippen MR) is 145 cm³/mol. The predicted octanol–water partition coefficient (Wildman–Crippen LogP) is 5.13. The molecule has 0 bridgehead atoms. The minimum atomic E-state index is -0.650. The number of ether oxygens (including phenoxy) is 3. The number of rotatable bonds is 10. The van der Waals surface area contributed by atoms with E-state index in [2.05, 4.69) is 4.98 Å². The van der Waals surface area contributed by atoms with Crippen LogP contribution in [0.4, 0.5) is 0 Å². The molecule has 1 aliphatic carbocycles. The van der Waals surface area contributed by atoms with Crippen LogP contribution in [0.3, 0.4) is 0 Å². The first-order valence-electron chi connectivity index (χ1n) is 13.0. The third-order valence-corrected chi connectivity index (χ3v) is 5.79. The lowest BCUT2D eigenvalue weighted by Gasteiger charge is -2.30. The number of aryl methyl sites for hydroxylation is 1. The molecule has 0 aliphatic heterocycles. The van der Waals surface area contributed by atoms with E-state index in [4.69, 9.17) is 14.2 Å². The molecule has 1 aromatic heterocycles. The highest BCUT2D eigenvalue weighted by atomic mass is 16.5. The van der Waals surface area contributed by atoms with Gasteiger partial charge in [0.2, 0.25) is 0 Å². The lowest BCUT2D eigenvalue weighted by molar-refractivity contribution is -0.0168. The number of aromatic nitrogens is 2. The first kappa shape index (κ1) is 28.8. The van der Waals surface area contributed by atoms with Crippen LogP contribution in [0.25, 0.3) is 5.57 Å². The van der Waals surface area contributed by atoms with Gasteiger partial charge in [-0.1, -0.05) is 43.3 Å². The fourth-order valence-corrected chi connectivity index (χ4v) is 4.23. The molecule has 1 aromatic carbocycles. The molecule has 2 aromatic rings. The summed E-state index contributed by atoms with van der Waals surface area (Å²) in [6.07, 6.45) is 6.30. The van der Waals surface area contributed by atoms with Gasteiger partial charge in [-0.05, 0) is 63.8 Å². The van der Waals surface area contributed by atoms with Crippen molar-refractivity contribution < 1.29 is 28.6 Å². The number of carbonyl (C=O) groups excluding carboxylic acids is 3. The standard InChI is InChI=1S/C30H36N2O6/c1-7-11-24-31-25(28(34)36-8-2)26(29(35)37-9-3)32(24)18-20-14-16-21(17-15-20)23-13-10-12-22(19-33)27(23)38-30(4,5)6/h10,12-17,27H,7-9,11,18H2,1-6H3. The first-order valence-corrected chi connectivity index (χ1v) is 13.0. The smallest absolute Gasteiger partial charge is 0.359 e. The molecule has 0 radical (unpaired) electrons. The molecule has 202 valence electrons. The van der Waals surface area contributed by atoms with Gasteiger partial charge >= 0.3 is 11.9 Å². The van der Waals surface area contributed by atoms with Crippen LogP contribution >= 0.6 is 0 Å². The molecular weight excluding hydrogens is 484 g/mol. The van der Waals surface area contributed by atoms with Crippen molar-refractivity contribution in [1.82, 2.24) is 9.55 Å². The van der Waals surface area contributed by atoms with Gasteiger partial charge in [-0.3, -0.25) is 0 Å². The minimum absolute atomic E-state index is 0.0279. The fraction of sp³-hybridized carbons (Fsp3) is 0.433. The summed E-state index contributed by atoms with van der Waals surface area (Å²) in [4.78, 5) is 41.6. The van der Waals surface area contributed by atoms with Crippen LogP contribution < -0.4 is 0 Å². The molecule has 0 saturated carbocycles. The minimum Gasteiger partial charge on any atom is -0.461 e. The Morgan fingerprint density at radius 1 is 1.03 bits per heavy atom. The number of carbonyl (C=O) groups is 2. The Bertz CT molecular complexity index is 1270. The number of hydrogen-bond acceptors (Lipinski definition) is 7. The molecule has 0 amide bonds. The number of benzene rings is 1. The molecule has 1 atom stereocenters. The lowest BCUT2D eigenvalue weighted by Crippen LogP contribution is -2.30.